The third kappa shape index (κ3) is 5.07. The van der Waals surface area contributed by atoms with E-state index in [4.69, 9.17) is 0 Å². The number of ether oxygens (including phenoxy) is 1. The van der Waals surface area contributed by atoms with Crippen molar-refractivity contribution in [2.75, 3.05) is 6.61 Å². The van der Waals surface area contributed by atoms with Crippen LogP contribution in [0.4, 0.5) is 13.2 Å². The number of carbonyl (C=O) groups excluding carboxylic acids is 1. The Balaban J connectivity index is 4.91. The largest absolute Gasteiger partial charge is 0.534 e. The summed E-state index contributed by atoms with van der Waals surface area (Å²) >= 11 is 0. The summed E-state index contributed by atoms with van der Waals surface area (Å²) in [5.74, 6) is -1.61. The van der Waals surface area contributed by atoms with Crippen molar-refractivity contribution in [1.82, 2.24) is 0 Å². The third-order valence-electron chi connectivity index (χ3n) is 1.41. The van der Waals surface area contributed by atoms with E-state index in [1.165, 1.54) is 13.8 Å². The van der Waals surface area contributed by atoms with Crippen molar-refractivity contribution in [2.24, 2.45) is 0 Å². The molecule has 0 aromatic rings. The summed E-state index contributed by atoms with van der Waals surface area (Å²) < 4.78 is 65.3. The molecule has 0 aromatic heterocycles. The first-order chi connectivity index (χ1) is 7.64. The second-order valence-electron chi connectivity index (χ2n) is 2.70. The number of hydrogen-bond donors (Lipinski definition) is 0. The van der Waals surface area contributed by atoms with Crippen LogP contribution < -0.4 is 0 Å². The Hall–Kier alpha value is -1.25. The Morgan fingerprint density at radius 1 is 1.29 bits per heavy atom. The van der Waals surface area contributed by atoms with Gasteiger partial charge in [-0.05, 0) is 6.92 Å². The molecule has 0 N–H and O–H groups in total. The third-order valence-corrected chi connectivity index (χ3v) is 2.41. The quantitative estimate of drug-likeness (QED) is 0.251. The number of hydrogen-bond acceptors (Lipinski definition) is 5. The minimum Gasteiger partial charge on any atom is -0.463 e. The van der Waals surface area contributed by atoms with Crippen LogP contribution in [-0.4, -0.2) is 26.5 Å². The van der Waals surface area contributed by atoms with Crippen LogP contribution in [-0.2, 0) is 23.8 Å². The highest BCUT2D eigenvalue weighted by Gasteiger charge is 2.48. The van der Waals surface area contributed by atoms with E-state index in [-0.39, 0.29) is 13.0 Å². The highest BCUT2D eigenvalue weighted by Crippen LogP contribution is 2.27. The fraction of sp³-hybridized carbons (Fsp3) is 0.625. The molecule has 0 saturated carbocycles. The molecule has 17 heavy (non-hydrogen) atoms. The average Bonchev–Trinajstić information content (AvgIpc) is 2.14. The standard InChI is InChI=1S/C8H11F3O5S/c1-3-6(5-7(12)15-4-2)16-17(13,14)8(9,10)11/h5H,3-4H2,1-2H3/b6-5+. The molecule has 0 aliphatic carbocycles. The van der Waals surface area contributed by atoms with E-state index in [0.29, 0.717) is 6.08 Å². The van der Waals surface area contributed by atoms with Crippen LogP contribution in [0.5, 0.6) is 0 Å². The predicted octanol–water partition coefficient (Wildman–Crippen LogP) is 1.71. The van der Waals surface area contributed by atoms with Crippen molar-refractivity contribution in [2.45, 2.75) is 25.8 Å². The van der Waals surface area contributed by atoms with Gasteiger partial charge >= 0.3 is 21.6 Å². The number of halogens is 3. The summed E-state index contributed by atoms with van der Waals surface area (Å²) in [6.45, 7) is 2.83. The van der Waals surface area contributed by atoms with E-state index in [0.717, 1.165) is 0 Å². The maximum Gasteiger partial charge on any atom is 0.534 e. The molecule has 0 radical (unpaired) electrons. The van der Waals surface area contributed by atoms with Gasteiger partial charge in [0.15, 0.2) is 0 Å². The van der Waals surface area contributed by atoms with Crippen molar-refractivity contribution in [3.63, 3.8) is 0 Å². The van der Waals surface area contributed by atoms with Gasteiger partial charge < -0.3 is 8.92 Å². The Bertz CT molecular complexity index is 396. The van der Waals surface area contributed by atoms with Crippen LogP contribution in [0.15, 0.2) is 11.8 Å². The minimum atomic E-state index is -5.75. The van der Waals surface area contributed by atoms with Crippen molar-refractivity contribution in [3.8, 4) is 0 Å². The van der Waals surface area contributed by atoms with Gasteiger partial charge in [-0.15, -0.1) is 0 Å². The van der Waals surface area contributed by atoms with E-state index in [2.05, 4.69) is 8.92 Å². The number of esters is 1. The zero-order valence-electron chi connectivity index (χ0n) is 9.07. The molecule has 0 aliphatic heterocycles. The van der Waals surface area contributed by atoms with Crippen LogP contribution in [0, 0.1) is 0 Å². The molecule has 5 nitrogen and oxygen atoms in total. The van der Waals surface area contributed by atoms with Gasteiger partial charge in [0.05, 0.1) is 12.7 Å². The van der Waals surface area contributed by atoms with Gasteiger partial charge in [-0.1, -0.05) is 6.92 Å². The first-order valence-electron chi connectivity index (χ1n) is 4.52. The van der Waals surface area contributed by atoms with E-state index < -0.39 is 27.4 Å². The lowest BCUT2D eigenvalue weighted by Crippen LogP contribution is -2.25. The second kappa shape index (κ2) is 5.89. The van der Waals surface area contributed by atoms with E-state index >= 15 is 0 Å². The highest BCUT2D eigenvalue weighted by molar-refractivity contribution is 7.87. The number of rotatable bonds is 5. The predicted molar refractivity (Wildman–Crippen MR) is 51.1 cm³/mol. The molecular formula is C8H11F3O5S. The lowest BCUT2D eigenvalue weighted by molar-refractivity contribution is -0.137. The lowest BCUT2D eigenvalue weighted by Gasteiger charge is -2.10. The van der Waals surface area contributed by atoms with Gasteiger partial charge in [0.1, 0.15) is 5.76 Å². The van der Waals surface area contributed by atoms with E-state index in [1.807, 2.05) is 0 Å². The van der Waals surface area contributed by atoms with Gasteiger partial charge in [0.25, 0.3) is 0 Å². The molecule has 100 valence electrons. The molecule has 9 heteroatoms. The maximum absolute atomic E-state index is 12.0. The minimum absolute atomic E-state index is 0.0123. The fourth-order valence-electron chi connectivity index (χ4n) is 0.689. The normalized spacial score (nSPS) is 13.4. The molecule has 0 spiro atoms. The zero-order valence-corrected chi connectivity index (χ0v) is 9.89. The number of alkyl halides is 3. The lowest BCUT2D eigenvalue weighted by atomic mass is 10.4. The Labute approximate surface area is 96.3 Å². The topological polar surface area (TPSA) is 69.7 Å². The molecule has 0 unspecified atom stereocenters. The molecule has 0 saturated heterocycles. The highest BCUT2D eigenvalue weighted by atomic mass is 32.2. The Morgan fingerprint density at radius 3 is 2.18 bits per heavy atom. The van der Waals surface area contributed by atoms with Crippen molar-refractivity contribution in [3.05, 3.63) is 11.8 Å². The second-order valence-corrected chi connectivity index (χ2v) is 4.24. The van der Waals surface area contributed by atoms with Gasteiger partial charge in [0, 0.05) is 6.42 Å². The van der Waals surface area contributed by atoms with Crippen LogP contribution in [0.3, 0.4) is 0 Å². The molecular weight excluding hydrogens is 265 g/mol. The number of carbonyl (C=O) groups is 1. The monoisotopic (exact) mass is 276 g/mol. The van der Waals surface area contributed by atoms with Crippen LogP contribution in [0.1, 0.15) is 20.3 Å². The molecule has 0 amide bonds. The molecule has 0 fully saturated rings. The van der Waals surface area contributed by atoms with Crippen molar-refractivity contribution >= 4 is 16.1 Å². The Morgan fingerprint density at radius 2 is 1.82 bits per heavy atom. The summed E-state index contributed by atoms with van der Waals surface area (Å²) in [6.07, 6.45) is 0.362. The first-order valence-corrected chi connectivity index (χ1v) is 5.93. The van der Waals surface area contributed by atoms with Gasteiger partial charge in [-0.3, -0.25) is 0 Å². The summed E-state index contributed by atoms with van der Waals surface area (Å²) in [5, 5.41) is 0. The van der Waals surface area contributed by atoms with Crippen molar-refractivity contribution < 1.29 is 35.3 Å². The van der Waals surface area contributed by atoms with Crippen LogP contribution in [0.2, 0.25) is 0 Å². The van der Waals surface area contributed by atoms with Gasteiger partial charge in [0.2, 0.25) is 0 Å². The van der Waals surface area contributed by atoms with Crippen LogP contribution >= 0.6 is 0 Å². The average molecular weight is 276 g/mol. The summed E-state index contributed by atoms with van der Waals surface area (Å²) in [4.78, 5) is 10.9. The summed E-state index contributed by atoms with van der Waals surface area (Å²) in [7, 11) is -5.75. The maximum atomic E-state index is 12.0. The summed E-state index contributed by atoms with van der Waals surface area (Å²) in [6, 6.07) is 0. The molecule has 0 rings (SSSR count). The van der Waals surface area contributed by atoms with E-state index in [1.54, 1.807) is 0 Å². The fourth-order valence-corrected chi connectivity index (χ4v) is 1.23. The molecule has 0 atom stereocenters. The molecule has 0 aromatic carbocycles. The SMILES string of the molecule is CCOC(=O)/C=C(\CC)OS(=O)(=O)C(F)(F)F. The van der Waals surface area contributed by atoms with Crippen molar-refractivity contribution in [1.29, 1.82) is 0 Å². The van der Waals surface area contributed by atoms with E-state index in [9.17, 15) is 26.4 Å². The first kappa shape index (κ1) is 15.8. The van der Waals surface area contributed by atoms with Gasteiger partial charge in [-0.25, -0.2) is 4.79 Å². The smallest absolute Gasteiger partial charge is 0.463 e. The Kier molecular flexibility index (Phi) is 5.46. The summed E-state index contributed by atoms with van der Waals surface area (Å²) in [5.41, 5.74) is -5.53. The molecule has 0 heterocycles. The zero-order chi connectivity index (χ0) is 13.7. The number of allylic oxidation sites excluding steroid dienone is 1. The molecule has 0 aliphatic rings. The van der Waals surface area contributed by atoms with Gasteiger partial charge in [-0.2, -0.15) is 21.6 Å². The van der Waals surface area contributed by atoms with Crippen LogP contribution in [0.25, 0.3) is 0 Å². The molecule has 0 bridgehead atoms.